The summed E-state index contributed by atoms with van der Waals surface area (Å²) in [5, 5.41) is -0.413. The number of carbonyl (C=O) groups is 2. The normalized spacial score (nSPS) is 14.6. The molecule has 14 heteroatoms. The number of carbonyl (C=O) groups excluding carboxylic acids is 2. The van der Waals surface area contributed by atoms with Crippen LogP contribution in [0.15, 0.2) is 12.1 Å². The van der Waals surface area contributed by atoms with Gasteiger partial charge in [-0.3, -0.25) is 9.59 Å². The van der Waals surface area contributed by atoms with Crippen molar-refractivity contribution >= 4 is 35.7 Å². The lowest BCUT2D eigenvalue weighted by atomic mass is 10.0. The van der Waals surface area contributed by atoms with E-state index < -0.39 is 64.3 Å². The number of Topliss-reactive ketones (excluding diaryl/α,β-unsaturated/α-hetero) is 1. The van der Waals surface area contributed by atoms with Crippen LogP contribution in [0.1, 0.15) is 28.3 Å². The molecule has 2 aromatic rings. The van der Waals surface area contributed by atoms with E-state index >= 15 is 0 Å². The minimum Gasteiger partial charge on any atom is -0.335 e. The van der Waals surface area contributed by atoms with E-state index in [-0.39, 0.29) is 43.8 Å². The lowest BCUT2D eigenvalue weighted by molar-refractivity contribution is -0.148. The smallest absolute Gasteiger partial charge is 0.335 e. The Kier molecular flexibility index (Phi) is 7.28. The first-order valence-electron chi connectivity index (χ1n) is 8.44. The highest BCUT2D eigenvalue weighted by Crippen LogP contribution is 2.34. The third-order valence-electron chi connectivity index (χ3n) is 4.57. The second-order valence-electron chi connectivity index (χ2n) is 6.56. The van der Waals surface area contributed by atoms with Crippen molar-refractivity contribution in [2.75, 3.05) is 6.54 Å². The molecular formula is C17H14Cl2F6N4O2. The number of imidazole rings is 1. The largest absolute Gasteiger partial charge is 0.449 e. The standard InChI is InChI=1S/C17H13ClF6N4O2.ClH/c18-15-12-6-27(1-2-28(12)16(26-15)17(22,23)24)13(29)5-11(25)14(30)7-3-9(20)10(21)4-8(7)19;/h3-4,11H,1-2,5-6,25H2;1H/t11-;/m1./s1. The third kappa shape index (κ3) is 4.96. The molecule has 0 fully saturated rings. The minimum atomic E-state index is -4.72. The second-order valence-corrected chi connectivity index (χ2v) is 6.92. The number of hydrogen-bond acceptors (Lipinski definition) is 4. The summed E-state index contributed by atoms with van der Waals surface area (Å²) in [4.78, 5) is 29.1. The predicted octanol–water partition coefficient (Wildman–Crippen LogP) is 3.34. The van der Waals surface area contributed by atoms with E-state index in [4.69, 9.17) is 17.3 Å². The summed E-state index contributed by atoms with van der Waals surface area (Å²) in [6, 6.07) is -1.05. The molecule has 0 aliphatic carbocycles. The Hall–Kier alpha value is -2.31. The van der Waals surface area contributed by atoms with Crippen LogP contribution in [0.4, 0.5) is 26.3 Å². The topological polar surface area (TPSA) is 81.2 Å². The Morgan fingerprint density at radius 2 is 1.74 bits per heavy atom. The van der Waals surface area contributed by atoms with Gasteiger partial charge in [-0.15, -0.1) is 12.4 Å². The minimum absolute atomic E-state index is 0. The van der Waals surface area contributed by atoms with Crippen molar-refractivity contribution in [2.45, 2.75) is 31.7 Å². The summed E-state index contributed by atoms with van der Waals surface area (Å²) in [5.74, 6) is -7.31. The lowest BCUT2D eigenvalue weighted by Crippen LogP contribution is -2.43. The number of rotatable bonds is 4. The van der Waals surface area contributed by atoms with Crippen LogP contribution in [0.2, 0.25) is 5.15 Å². The van der Waals surface area contributed by atoms with Crippen LogP contribution in [-0.2, 0) is 24.1 Å². The Bertz CT molecular complexity index is 1030. The molecule has 31 heavy (non-hydrogen) atoms. The van der Waals surface area contributed by atoms with Gasteiger partial charge in [0.05, 0.1) is 23.8 Å². The average molecular weight is 491 g/mol. The van der Waals surface area contributed by atoms with Gasteiger partial charge in [-0.1, -0.05) is 11.6 Å². The highest BCUT2D eigenvalue weighted by atomic mass is 35.5. The number of ketones is 1. The fourth-order valence-electron chi connectivity index (χ4n) is 3.08. The first-order chi connectivity index (χ1) is 13.9. The van der Waals surface area contributed by atoms with E-state index in [2.05, 4.69) is 4.98 Å². The molecule has 1 aliphatic heterocycles. The number of amides is 1. The number of alkyl halides is 3. The number of nitrogens with two attached hydrogens (primary N) is 1. The van der Waals surface area contributed by atoms with Crippen molar-refractivity contribution in [3.63, 3.8) is 0 Å². The molecule has 0 spiro atoms. The predicted molar refractivity (Wildman–Crippen MR) is 98.1 cm³/mol. The van der Waals surface area contributed by atoms with Gasteiger partial charge in [0, 0.05) is 25.6 Å². The average Bonchev–Trinajstić information content (AvgIpc) is 3.00. The summed E-state index contributed by atoms with van der Waals surface area (Å²) in [7, 11) is 0. The highest BCUT2D eigenvalue weighted by Gasteiger charge is 2.40. The molecule has 3 rings (SSSR count). The summed E-state index contributed by atoms with van der Waals surface area (Å²) < 4.78 is 79.9. The van der Waals surface area contributed by atoms with Gasteiger partial charge in [-0.2, -0.15) is 13.2 Å². The molecule has 2 N–H and O–H groups in total. The maximum Gasteiger partial charge on any atom is 0.449 e. The van der Waals surface area contributed by atoms with Crippen molar-refractivity contribution in [2.24, 2.45) is 5.73 Å². The Morgan fingerprint density at radius 1 is 1.13 bits per heavy atom. The molecule has 0 saturated carbocycles. The zero-order valence-corrected chi connectivity index (χ0v) is 16.9. The Balaban J connectivity index is 0.00000341. The maximum absolute atomic E-state index is 13.7. The molecule has 0 unspecified atom stereocenters. The van der Waals surface area contributed by atoms with Crippen LogP contribution < -0.4 is 5.73 Å². The van der Waals surface area contributed by atoms with Crippen LogP contribution in [-0.4, -0.2) is 38.7 Å². The number of fused-ring (bicyclic) bond motifs is 1. The van der Waals surface area contributed by atoms with E-state index in [1.807, 2.05) is 0 Å². The third-order valence-corrected chi connectivity index (χ3v) is 4.87. The SMILES string of the molecule is Cl.N[C@H](CC(=O)N1CCn2c(C(F)(F)F)nc(Cl)c2C1)C(=O)c1cc(F)c(F)cc1F. The zero-order valence-electron chi connectivity index (χ0n) is 15.3. The van der Waals surface area contributed by atoms with Gasteiger partial charge >= 0.3 is 6.18 Å². The molecule has 1 amide bonds. The van der Waals surface area contributed by atoms with Crippen molar-refractivity contribution in [3.8, 4) is 0 Å². The van der Waals surface area contributed by atoms with E-state index in [1.54, 1.807) is 0 Å². The van der Waals surface area contributed by atoms with E-state index in [0.29, 0.717) is 6.07 Å². The molecule has 6 nitrogen and oxygen atoms in total. The number of benzene rings is 1. The lowest BCUT2D eigenvalue weighted by Gasteiger charge is -2.30. The quantitative estimate of drug-likeness (QED) is 0.405. The van der Waals surface area contributed by atoms with Crippen LogP contribution >= 0.6 is 24.0 Å². The van der Waals surface area contributed by atoms with Crippen molar-refractivity contribution < 1.29 is 35.9 Å². The van der Waals surface area contributed by atoms with E-state index in [9.17, 15) is 35.9 Å². The van der Waals surface area contributed by atoms with Gasteiger partial charge in [-0.25, -0.2) is 18.2 Å². The monoisotopic (exact) mass is 490 g/mol. The van der Waals surface area contributed by atoms with Crippen LogP contribution in [0.5, 0.6) is 0 Å². The molecule has 0 radical (unpaired) electrons. The maximum atomic E-state index is 13.7. The van der Waals surface area contributed by atoms with Gasteiger partial charge in [0.2, 0.25) is 11.7 Å². The summed E-state index contributed by atoms with van der Waals surface area (Å²) in [6.07, 6.45) is -5.35. The van der Waals surface area contributed by atoms with Crippen molar-refractivity contribution in [1.82, 2.24) is 14.5 Å². The summed E-state index contributed by atoms with van der Waals surface area (Å²) >= 11 is 5.76. The molecule has 0 bridgehead atoms. The van der Waals surface area contributed by atoms with Crippen molar-refractivity contribution in [1.29, 1.82) is 0 Å². The summed E-state index contributed by atoms with van der Waals surface area (Å²) in [6.45, 7) is -0.681. The Labute approximate surface area is 182 Å². The molecule has 1 atom stereocenters. The van der Waals surface area contributed by atoms with Gasteiger partial charge in [-0.05, 0) is 6.07 Å². The molecule has 1 aromatic carbocycles. The number of halogens is 8. The number of aromatic nitrogens is 2. The van der Waals surface area contributed by atoms with Crippen LogP contribution in [0, 0.1) is 17.5 Å². The molecule has 2 heterocycles. The molecule has 0 saturated heterocycles. The van der Waals surface area contributed by atoms with Gasteiger partial charge in [0.1, 0.15) is 5.82 Å². The second kappa shape index (κ2) is 9.05. The number of hydrogen-bond donors (Lipinski definition) is 1. The molecule has 1 aromatic heterocycles. The van der Waals surface area contributed by atoms with E-state index in [0.717, 1.165) is 9.47 Å². The fraction of sp³-hybridized carbons (Fsp3) is 0.353. The van der Waals surface area contributed by atoms with Gasteiger partial charge < -0.3 is 15.2 Å². The summed E-state index contributed by atoms with van der Waals surface area (Å²) in [5.41, 5.74) is 4.78. The molecule has 170 valence electrons. The number of nitrogens with zero attached hydrogens (tertiary/aromatic N) is 3. The van der Waals surface area contributed by atoms with Gasteiger partial charge in [0.15, 0.2) is 22.6 Å². The highest BCUT2D eigenvalue weighted by molar-refractivity contribution is 6.30. The van der Waals surface area contributed by atoms with Crippen LogP contribution in [0.25, 0.3) is 0 Å². The van der Waals surface area contributed by atoms with Crippen molar-refractivity contribution in [3.05, 3.63) is 51.8 Å². The molecule has 1 aliphatic rings. The Morgan fingerprint density at radius 3 is 2.35 bits per heavy atom. The first kappa shape index (κ1) is 25.0. The van der Waals surface area contributed by atoms with Crippen LogP contribution in [0.3, 0.4) is 0 Å². The van der Waals surface area contributed by atoms with E-state index in [1.165, 1.54) is 0 Å². The molecular weight excluding hydrogens is 477 g/mol. The van der Waals surface area contributed by atoms with Gasteiger partial charge in [0.25, 0.3) is 0 Å². The zero-order chi connectivity index (χ0) is 22.4. The first-order valence-corrected chi connectivity index (χ1v) is 8.82. The fourth-order valence-corrected chi connectivity index (χ4v) is 3.32.